The molecule has 2 fully saturated rings. The van der Waals surface area contributed by atoms with Crippen molar-refractivity contribution in [3.05, 3.63) is 42.4 Å². The molecule has 1 atom stereocenters. The Bertz CT molecular complexity index is 1460. The summed E-state index contributed by atoms with van der Waals surface area (Å²) in [5, 5.41) is 26.5. The third-order valence-electron chi connectivity index (χ3n) is 7.70. The molecule has 1 saturated heterocycles. The molecule has 1 aromatic carbocycles. The maximum atomic E-state index is 9.52. The van der Waals surface area contributed by atoms with Gasteiger partial charge in [0.25, 0.3) is 5.88 Å². The first-order chi connectivity index (χ1) is 21.1. The monoisotopic (exact) mass is 584 g/mol. The van der Waals surface area contributed by atoms with E-state index < -0.39 is 0 Å². The molecule has 2 aromatic heterocycles. The van der Waals surface area contributed by atoms with Crippen molar-refractivity contribution >= 4 is 18.0 Å². The second kappa shape index (κ2) is 14.4. The first kappa shape index (κ1) is 29.8. The lowest BCUT2D eigenvalue weighted by Crippen LogP contribution is -2.45. The van der Waals surface area contributed by atoms with Crippen molar-refractivity contribution in [3.63, 3.8) is 0 Å². The van der Waals surface area contributed by atoms with Crippen LogP contribution in [0, 0.1) is 22.7 Å². The summed E-state index contributed by atoms with van der Waals surface area (Å²) in [6.07, 6.45) is 10.5. The van der Waals surface area contributed by atoms with Gasteiger partial charge in [-0.05, 0) is 50.3 Å². The fraction of sp³-hybridized carbons (Fsp3) is 0.467. The molecule has 1 saturated carbocycles. The van der Waals surface area contributed by atoms with Crippen LogP contribution in [0.15, 0.2) is 41.8 Å². The molecule has 3 heterocycles. The van der Waals surface area contributed by atoms with Gasteiger partial charge in [-0.3, -0.25) is 14.6 Å². The quantitative estimate of drug-likeness (QED) is 0.250. The molecular formula is C30H36N10O3. The maximum absolute atomic E-state index is 9.52. The van der Waals surface area contributed by atoms with Gasteiger partial charge in [-0.1, -0.05) is 6.07 Å². The second-order valence-corrected chi connectivity index (χ2v) is 10.6. The summed E-state index contributed by atoms with van der Waals surface area (Å²) < 4.78 is 19.0. The number of ether oxygens (including phenoxy) is 3. The van der Waals surface area contributed by atoms with Gasteiger partial charge >= 0.3 is 0 Å². The average molecular weight is 585 g/mol. The van der Waals surface area contributed by atoms with Gasteiger partial charge in [-0.25, -0.2) is 9.97 Å². The zero-order valence-electron chi connectivity index (χ0n) is 24.2. The van der Waals surface area contributed by atoms with Crippen LogP contribution in [0.25, 0.3) is 11.1 Å². The number of nitrogens with two attached hydrogens (primary N) is 1. The Hall–Kier alpha value is -4.72. The predicted octanol–water partition coefficient (Wildman–Crippen LogP) is 3.43. The normalized spacial score (nSPS) is 19.8. The largest absolute Gasteiger partial charge is 0.487 e. The number of anilines is 2. The highest BCUT2D eigenvalue weighted by atomic mass is 16.5. The lowest BCUT2D eigenvalue weighted by atomic mass is 9.90. The molecule has 5 rings (SSSR count). The van der Waals surface area contributed by atoms with E-state index in [-0.39, 0.29) is 18.8 Å². The van der Waals surface area contributed by atoms with Crippen LogP contribution in [0.3, 0.4) is 0 Å². The van der Waals surface area contributed by atoms with E-state index in [1.807, 2.05) is 29.9 Å². The number of rotatable bonds is 11. The highest BCUT2D eigenvalue weighted by Gasteiger charge is 2.29. The Balaban J connectivity index is 1.27. The Labute approximate surface area is 250 Å². The van der Waals surface area contributed by atoms with Gasteiger partial charge in [0, 0.05) is 37.1 Å². The van der Waals surface area contributed by atoms with E-state index in [0.29, 0.717) is 41.4 Å². The minimum absolute atomic E-state index is 0.116. The highest BCUT2D eigenvalue weighted by Crippen LogP contribution is 2.35. The van der Waals surface area contributed by atoms with E-state index in [2.05, 4.69) is 36.3 Å². The molecule has 0 amide bonds. The average Bonchev–Trinajstić information content (AvgIpc) is 3.45. The Morgan fingerprint density at radius 1 is 1.14 bits per heavy atom. The number of nitrogens with one attached hydrogen (secondary N) is 1. The second-order valence-electron chi connectivity index (χ2n) is 10.6. The number of aromatic nitrogens is 4. The third-order valence-corrected chi connectivity index (χ3v) is 7.70. The molecule has 1 aliphatic heterocycles. The van der Waals surface area contributed by atoms with Gasteiger partial charge in [0.2, 0.25) is 5.95 Å². The number of nitriles is 2. The van der Waals surface area contributed by atoms with Crippen molar-refractivity contribution in [1.82, 2.24) is 24.6 Å². The summed E-state index contributed by atoms with van der Waals surface area (Å²) in [4.78, 5) is 15.5. The van der Waals surface area contributed by atoms with E-state index in [1.54, 1.807) is 24.5 Å². The zero-order valence-corrected chi connectivity index (χ0v) is 24.2. The van der Waals surface area contributed by atoms with Gasteiger partial charge in [0.15, 0.2) is 6.61 Å². The number of nitrogens with zero attached hydrogens (tertiary/aromatic N) is 8. The van der Waals surface area contributed by atoms with Crippen molar-refractivity contribution in [3.8, 4) is 34.9 Å². The van der Waals surface area contributed by atoms with E-state index in [4.69, 9.17) is 25.2 Å². The smallest absolute Gasteiger partial charge is 0.257 e. The Morgan fingerprint density at radius 2 is 1.88 bits per heavy atom. The molecule has 1 aliphatic carbocycles. The molecule has 2 aliphatic rings. The van der Waals surface area contributed by atoms with Crippen LogP contribution in [-0.2, 0) is 4.74 Å². The van der Waals surface area contributed by atoms with Crippen LogP contribution < -0.4 is 20.5 Å². The van der Waals surface area contributed by atoms with Crippen LogP contribution in [0.1, 0.15) is 44.2 Å². The van der Waals surface area contributed by atoms with Crippen LogP contribution in [0.4, 0.5) is 11.6 Å². The summed E-state index contributed by atoms with van der Waals surface area (Å²) in [5.41, 5.74) is 7.90. The standard InChI is InChI=1S/C30H36N10O3/c1-21(16-34-20-33)43-28-14-22(2-3-23(28)15-32)24-17-35-30(36-18-24)37-27-19-40(38-29(27)42-11-8-31)26-6-4-25(5-7-26)39-9-12-41-13-10-39/h2-3,14,17-21,25-26H,4-7,9-13,16H2,1H3,(H2,33,34)(H,35,36,37)/t21-,25?,26?/m0/s1. The Kier molecular flexibility index (Phi) is 10.00. The molecular weight excluding hydrogens is 548 g/mol. The minimum atomic E-state index is -0.261. The number of benzene rings is 1. The summed E-state index contributed by atoms with van der Waals surface area (Å²) in [6.45, 7) is 5.74. The van der Waals surface area contributed by atoms with Crippen LogP contribution in [0.5, 0.6) is 11.6 Å². The van der Waals surface area contributed by atoms with Gasteiger partial charge in [0.05, 0.1) is 43.9 Å². The summed E-state index contributed by atoms with van der Waals surface area (Å²) in [6, 6.07) is 10.3. The van der Waals surface area contributed by atoms with Gasteiger partial charge < -0.3 is 25.3 Å². The number of aliphatic imine (C=N–C) groups is 1. The predicted molar refractivity (Wildman–Crippen MR) is 160 cm³/mol. The topological polar surface area (TPSA) is 173 Å². The van der Waals surface area contributed by atoms with E-state index in [9.17, 15) is 5.26 Å². The fourth-order valence-corrected chi connectivity index (χ4v) is 5.50. The van der Waals surface area contributed by atoms with Crippen molar-refractivity contribution < 1.29 is 14.2 Å². The molecule has 0 radical (unpaired) electrons. The summed E-state index contributed by atoms with van der Waals surface area (Å²) in [5.74, 6) is 1.15. The van der Waals surface area contributed by atoms with E-state index in [0.717, 1.165) is 63.1 Å². The Morgan fingerprint density at radius 3 is 2.58 bits per heavy atom. The highest BCUT2D eigenvalue weighted by molar-refractivity contribution is 5.67. The fourth-order valence-electron chi connectivity index (χ4n) is 5.50. The van der Waals surface area contributed by atoms with E-state index >= 15 is 0 Å². The number of hydrogen-bond acceptors (Lipinski definition) is 11. The van der Waals surface area contributed by atoms with Gasteiger partial charge in [-0.2, -0.15) is 10.5 Å². The third kappa shape index (κ3) is 7.57. The van der Waals surface area contributed by atoms with Crippen molar-refractivity contribution in [2.75, 3.05) is 44.8 Å². The maximum Gasteiger partial charge on any atom is 0.257 e. The molecule has 3 aromatic rings. The number of morpholine rings is 1. The molecule has 13 heteroatoms. The van der Waals surface area contributed by atoms with Gasteiger partial charge in [0.1, 0.15) is 29.7 Å². The van der Waals surface area contributed by atoms with Crippen LogP contribution in [-0.4, -0.2) is 82.6 Å². The van der Waals surface area contributed by atoms with Crippen LogP contribution in [0.2, 0.25) is 0 Å². The van der Waals surface area contributed by atoms with E-state index in [1.165, 1.54) is 6.34 Å². The lowest BCUT2D eigenvalue weighted by Gasteiger charge is -2.38. The molecule has 43 heavy (non-hydrogen) atoms. The molecule has 13 nitrogen and oxygen atoms in total. The van der Waals surface area contributed by atoms with Crippen molar-refractivity contribution in [1.29, 1.82) is 10.5 Å². The number of hydrogen-bond donors (Lipinski definition) is 2. The molecule has 224 valence electrons. The molecule has 0 bridgehead atoms. The zero-order chi connectivity index (χ0) is 30.0. The SMILES string of the molecule is C[C@@H](CN=CN)Oc1cc(-c2cnc(Nc3cn(C4CCC(N5CCOCC5)CC4)nc3OCC#N)nc2)ccc1C#N. The van der Waals surface area contributed by atoms with Crippen LogP contribution >= 0.6 is 0 Å². The van der Waals surface area contributed by atoms with Gasteiger partial charge in [-0.15, -0.1) is 5.10 Å². The lowest BCUT2D eigenvalue weighted by molar-refractivity contribution is 0.00503. The minimum Gasteiger partial charge on any atom is -0.487 e. The summed E-state index contributed by atoms with van der Waals surface area (Å²) >= 11 is 0. The van der Waals surface area contributed by atoms with Crippen molar-refractivity contribution in [2.24, 2.45) is 10.7 Å². The summed E-state index contributed by atoms with van der Waals surface area (Å²) in [7, 11) is 0. The molecule has 3 N–H and O–H groups in total. The first-order valence-corrected chi connectivity index (χ1v) is 14.5. The molecule has 0 unspecified atom stereocenters. The first-order valence-electron chi connectivity index (χ1n) is 14.5. The van der Waals surface area contributed by atoms with Crippen molar-refractivity contribution in [2.45, 2.75) is 50.8 Å². The molecule has 0 spiro atoms.